The monoisotopic (exact) mass is 293 g/mol. The second-order valence-electron chi connectivity index (χ2n) is 6.34. The first-order valence-electron chi connectivity index (χ1n) is 7.63. The molecule has 118 valence electrons. The average molecular weight is 293 g/mol. The van der Waals surface area contributed by atoms with E-state index < -0.39 is 12.7 Å². The van der Waals surface area contributed by atoms with Gasteiger partial charge < -0.3 is 10.2 Å². The lowest BCUT2D eigenvalue weighted by molar-refractivity contribution is -0.143. The highest BCUT2D eigenvalue weighted by Gasteiger charge is 2.34. The van der Waals surface area contributed by atoms with E-state index in [1.807, 2.05) is 0 Å². The van der Waals surface area contributed by atoms with E-state index in [1.165, 1.54) is 17.7 Å². The maximum atomic E-state index is 12.3. The summed E-state index contributed by atoms with van der Waals surface area (Å²) in [6.45, 7) is 3.54. The van der Waals surface area contributed by atoms with Crippen LogP contribution in [0.4, 0.5) is 13.2 Å². The van der Waals surface area contributed by atoms with Gasteiger partial charge in [0.25, 0.3) is 0 Å². The Morgan fingerprint density at radius 3 is 2.65 bits per heavy atom. The lowest BCUT2D eigenvalue weighted by Gasteiger charge is -2.20. The number of hydrogen-bond donors (Lipinski definition) is 1. The van der Waals surface area contributed by atoms with Gasteiger partial charge in [0, 0.05) is 12.6 Å². The lowest BCUT2D eigenvalue weighted by atomic mass is 10.1. The molecule has 0 saturated carbocycles. The van der Waals surface area contributed by atoms with Gasteiger partial charge >= 0.3 is 6.18 Å². The summed E-state index contributed by atoms with van der Waals surface area (Å²) >= 11 is 0. The fourth-order valence-corrected chi connectivity index (χ4v) is 3.25. The van der Waals surface area contributed by atoms with E-state index in [0.717, 1.165) is 32.5 Å². The Hall–Kier alpha value is -0.330. The number of nitrogens with one attached hydrogen (secondary N) is 1. The van der Waals surface area contributed by atoms with Crippen LogP contribution in [0.15, 0.2) is 0 Å². The molecule has 1 N–H and O–H groups in total. The van der Waals surface area contributed by atoms with Gasteiger partial charge in [0.05, 0.1) is 6.54 Å². The molecular weight excluding hydrogens is 267 g/mol. The highest BCUT2D eigenvalue weighted by Crippen LogP contribution is 2.22. The molecule has 2 aliphatic heterocycles. The third-order valence-electron chi connectivity index (χ3n) is 4.42. The van der Waals surface area contributed by atoms with Crippen molar-refractivity contribution in [3.63, 3.8) is 0 Å². The molecule has 2 heterocycles. The van der Waals surface area contributed by atoms with Gasteiger partial charge in [-0.25, -0.2) is 0 Å². The van der Waals surface area contributed by atoms with Gasteiger partial charge in [0.15, 0.2) is 0 Å². The zero-order valence-electron chi connectivity index (χ0n) is 12.3. The molecule has 0 aromatic rings. The Kier molecular flexibility index (Phi) is 5.69. The molecule has 3 nitrogen and oxygen atoms in total. The van der Waals surface area contributed by atoms with Gasteiger partial charge in [-0.3, -0.25) is 4.90 Å². The Labute approximate surface area is 119 Å². The van der Waals surface area contributed by atoms with Crippen LogP contribution in [-0.2, 0) is 0 Å². The van der Waals surface area contributed by atoms with Gasteiger partial charge in [-0.15, -0.1) is 0 Å². The summed E-state index contributed by atoms with van der Waals surface area (Å²) < 4.78 is 37.0. The molecule has 2 rings (SSSR count). The van der Waals surface area contributed by atoms with E-state index in [4.69, 9.17) is 0 Å². The van der Waals surface area contributed by atoms with E-state index in [1.54, 1.807) is 0 Å². The van der Waals surface area contributed by atoms with Crippen molar-refractivity contribution in [3.05, 3.63) is 0 Å². The van der Waals surface area contributed by atoms with Crippen LogP contribution in [0.1, 0.15) is 25.7 Å². The fourth-order valence-electron chi connectivity index (χ4n) is 3.25. The van der Waals surface area contributed by atoms with Crippen LogP contribution in [0.3, 0.4) is 0 Å². The molecule has 6 heteroatoms. The molecule has 2 aliphatic rings. The second-order valence-corrected chi connectivity index (χ2v) is 6.34. The quantitative estimate of drug-likeness (QED) is 0.854. The average Bonchev–Trinajstić information content (AvgIpc) is 2.66. The summed E-state index contributed by atoms with van der Waals surface area (Å²) in [5.74, 6) is 0.373. The van der Waals surface area contributed by atoms with Crippen molar-refractivity contribution in [2.24, 2.45) is 5.92 Å². The summed E-state index contributed by atoms with van der Waals surface area (Å²) in [6, 6.07) is 0.539. The second kappa shape index (κ2) is 7.09. The number of rotatable bonds is 4. The van der Waals surface area contributed by atoms with E-state index >= 15 is 0 Å². The molecule has 0 aromatic heterocycles. The summed E-state index contributed by atoms with van der Waals surface area (Å²) in [5, 5.41) is 3.57. The van der Waals surface area contributed by atoms with E-state index in [0.29, 0.717) is 25.0 Å². The van der Waals surface area contributed by atoms with Crippen molar-refractivity contribution in [3.8, 4) is 0 Å². The molecular formula is C14H26F3N3. The number of nitrogens with zero attached hydrogens (tertiary/aromatic N) is 2. The fraction of sp³-hybridized carbons (Fsp3) is 1.00. The Bertz CT molecular complexity index is 296. The van der Waals surface area contributed by atoms with Crippen molar-refractivity contribution >= 4 is 0 Å². The topological polar surface area (TPSA) is 18.5 Å². The molecule has 0 aromatic carbocycles. The smallest absolute Gasteiger partial charge is 0.314 e. The standard InChI is InChI=1S/C14H26F3N3/c1-19-6-2-3-13(5-7-19)18-9-12-4-8-20(10-12)11-14(15,16)17/h12-13,18H,2-11H2,1H3. The van der Waals surface area contributed by atoms with Crippen LogP contribution >= 0.6 is 0 Å². The van der Waals surface area contributed by atoms with Crippen LogP contribution in [0, 0.1) is 5.92 Å². The number of likely N-dealkylation sites (tertiary alicyclic amines) is 2. The summed E-state index contributed by atoms with van der Waals surface area (Å²) in [4.78, 5) is 3.88. The minimum Gasteiger partial charge on any atom is -0.314 e. The molecule has 0 amide bonds. The molecule has 2 saturated heterocycles. The number of halogens is 3. The normalized spacial score (nSPS) is 30.6. The van der Waals surface area contributed by atoms with Crippen LogP contribution < -0.4 is 5.32 Å². The number of alkyl halides is 3. The third kappa shape index (κ3) is 5.58. The first-order valence-corrected chi connectivity index (χ1v) is 7.63. The molecule has 2 unspecified atom stereocenters. The minimum atomic E-state index is -4.06. The van der Waals surface area contributed by atoms with Gasteiger partial charge in [-0.2, -0.15) is 13.2 Å². The summed E-state index contributed by atoms with van der Waals surface area (Å²) in [6.07, 6.45) is 0.363. The Balaban J connectivity index is 1.65. The zero-order valence-corrected chi connectivity index (χ0v) is 12.3. The van der Waals surface area contributed by atoms with Gasteiger partial charge in [0.2, 0.25) is 0 Å². The maximum Gasteiger partial charge on any atom is 0.401 e. The molecule has 0 radical (unpaired) electrons. The summed E-state index contributed by atoms with van der Waals surface area (Å²) in [7, 11) is 2.15. The predicted octanol–water partition coefficient (Wildman–Crippen LogP) is 1.94. The molecule has 20 heavy (non-hydrogen) atoms. The maximum absolute atomic E-state index is 12.3. The van der Waals surface area contributed by atoms with E-state index in [-0.39, 0.29) is 0 Å². The van der Waals surface area contributed by atoms with Crippen molar-refractivity contribution in [1.29, 1.82) is 0 Å². The Morgan fingerprint density at radius 2 is 1.90 bits per heavy atom. The molecule has 0 spiro atoms. The molecule has 0 aliphatic carbocycles. The van der Waals surface area contributed by atoms with Crippen LogP contribution in [0.5, 0.6) is 0 Å². The first-order chi connectivity index (χ1) is 9.42. The molecule has 2 fully saturated rings. The van der Waals surface area contributed by atoms with Crippen molar-refractivity contribution in [2.45, 2.75) is 37.9 Å². The van der Waals surface area contributed by atoms with E-state index in [9.17, 15) is 13.2 Å². The number of hydrogen-bond acceptors (Lipinski definition) is 3. The third-order valence-corrected chi connectivity index (χ3v) is 4.42. The lowest BCUT2D eigenvalue weighted by Crippen LogP contribution is -2.36. The van der Waals surface area contributed by atoms with Gasteiger partial charge in [-0.1, -0.05) is 0 Å². The molecule has 2 atom stereocenters. The van der Waals surface area contributed by atoms with Crippen LogP contribution in [0.2, 0.25) is 0 Å². The van der Waals surface area contributed by atoms with Crippen molar-refractivity contribution in [2.75, 3.05) is 46.3 Å². The highest BCUT2D eigenvalue weighted by molar-refractivity contribution is 4.81. The van der Waals surface area contributed by atoms with Gasteiger partial charge in [0.1, 0.15) is 0 Å². The minimum absolute atomic E-state index is 0.373. The highest BCUT2D eigenvalue weighted by atomic mass is 19.4. The molecule has 0 bridgehead atoms. The van der Waals surface area contributed by atoms with Gasteiger partial charge in [-0.05, 0) is 64.8 Å². The first kappa shape index (κ1) is 16.0. The van der Waals surface area contributed by atoms with E-state index in [2.05, 4.69) is 17.3 Å². The predicted molar refractivity (Wildman–Crippen MR) is 73.7 cm³/mol. The van der Waals surface area contributed by atoms with Crippen LogP contribution in [0.25, 0.3) is 0 Å². The van der Waals surface area contributed by atoms with Crippen molar-refractivity contribution < 1.29 is 13.2 Å². The zero-order chi connectivity index (χ0) is 14.6. The SMILES string of the molecule is CN1CCCC(NCC2CCN(CC(F)(F)F)C2)CC1. The van der Waals surface area contributed by atoms with Crippen LogP contribution in [-0.4, -0.2) is 68.3 Å². The largest absolute Gasteiger partial charge is 0.401 e. The Morgan fingerprint density at radius 1 is 1.10 bits per heavy atom. The van der Waals surface area contributed by atoms with Crippen molar-refractivity contribution in [1.82, 2.24) is 15.1 Å². The summed E-state index contributed by atoms with van der Waals surface area (Å²) in [5.41, 5.74) is 0.